The Morgan fingerprint density at radius 3 is 2.41 bits per heavy atom. The first-order valence-electron chi connectivity index (χ1n) is 10.1. The molecule has 3 aromatic rings. The van der Waals surface area contributed by atoms with Gasteiger partial charge in [-0.15, -0.1) is 0 Å². The number of para-hydroxylation sites is 2. The number of benzene rings is 3. The molecule has 6 nitrogen and oxygen atoms in total. The first kappa shape index (κ1) is 23.2. The minimum absolute atomic E-state index is 0.0385. The van der Waals surface area contributed by atoms with Crippen molar-refractivity contribution in [2.45, 2.75) is 26.4 Å². The summed E-state index contributed by atoms with van der Waals surface area (Å²) >= 11 is 3.41. The van der Waals surface area contributed by atoms with Crippen molar-refractivity contribution in [1.82, 2.24) is 5.43 Å². The molecule has 0 radical (unpaired) electrons. The van der Waals surface area contributed by atoms with Crippen LogP contribution < -0.4 is 15.5 Å². The van der Waals surface area contributed by atoms with Crippen LogP contribution in [-0.4, -0.2) is 18.0 Å². The van der Waals surface area contributed by atoms with Gasteiger partial charge in [-0.25, -0.2) is 5.43 Å². The van der Waals surface area contributed by atoms with Gasteiger partial charge in [-0.1, -0.05) is 58.4 Å². The Kier molecular flexibility index (Phi) is 8.57. The van der Waals surface area contributed by atoms with Crippen LogP contribution in [0.3, 0.4) is 0 Å². The molecule has 0 bridgehead atoms. The van der Waals surface area contributed by atoms with Crippen molar-refractivity contribution in [2.24, 2.45) is 5.10 Å². The van der Waals surface area contributed by atoms with E-state index in [1.807, 2.05) is 79.7 Å². The van der Waals surface area contributed by atoms with E-state index in [0.29, 0.717) is 12.4 Å². The molecule has 0 aliphatic carbocycles. The third kappa shape index (κ3) is 7.35. The fourth-order valence-corrected chi connectivity index (χ4v) is 3.11. The van der Waals surface area contributed by atoms with E-state index >= 15 is 0 Å². The van der Waals surface area contributed by atoms with Gasteiger partial charge in [-0.3, -0.25) is 9.59 Å². The number of nitrogens with one attached hydrogen (secondary N) is 2. The van der Waals surface area contributed by atoms with Crippen molar-refractivity contribution in [3.63, 3.8) is 0 Å². The fourth-order valence-electron chi connectivity index (χ4n) is 2.84. The monoisotopic (exact) mass is 493 g/mol. The van der Waals surface area contributed by atoms with Gasteiger partial charge >= 0.3 is 0 Å². The Hall–Kier alpha value is -3.45. The third-order valence-corrected chi connectivity index (χ3v) is 5.15. The number of anilines is 1. The van der Waals surface area contributed by atoms with E-state index in [1.165, 1.54) is 6.21 Å². The van der Waals surface area contributed by atoms with Crippen LogP contribution in [0, 0.1) is 6.92 Å². The number of hydrogen-bond donors (Lipinski definition) is 2. The topological polar surface area (TPSA) is 79.8 Å². The normalized spacial score (nSPS) is 10.7. The lowest BCUT2D eigenvalue weighted by molar-refractivity contribution is -0.124. The second kappa shape index (κ2) is 11.8. The molecule has 2 N–H and O–H groups in total. The minimum Gasteiger partial charge on any atom is -0.488 e. The smallest absolute Gasteiger partial charge is 0.240 e. The molecule has 32 heavy (non-hydrogen) atoms. The zero-order valence-electron chi connectivity index (χ0n) is 17.7. The van der Waals surface area contributed by atoms with Gasteiger partial charge in [0.2, 0.25) is 11.8 Å². The average molecular weight is 494 g/mol. The zero-order valence-corrected chi connectivity index (χ0v) is 19.3. The molecular formula is C25H24BrN3O3. The maximum Gasteiger partial charge on any atom is 0.240 e. The third-order valence-electron chi connectivity index (χ3n) is 4.62. The maximum atomic E-state index is 12.1. The highest BCUT2D eigenvalue weighted by Crippen LogP contribution is 2.18. The van der Waals surface area contributed by atoms with E-state index in [4.69, 9.17) is 4.74 Å². The molecule has 0 saturated heterocycles. The van der Waals surface area contributed by atoms with E-state index in [1.54, 1.807) is 0 Å². The summed E-state index contributed by atoms with van der Waals surface area (Å²) in [6.45, 7) is 2.33. The van der Waals surface area contributed by atoms with Crippen molar-refractivity contribution in [3.8, 4) is 5.75 Å². The maximum absolute atomic E-state index is 12.1. The van der Waals surface area contributed by atoms with Crippen molar-refractivity contribution in [3.05, 3.63) is 94.0 Å². The molecule has 0 aliphatic heterocycles. The van der Waals surface area contributed by atoms with Crippen LogP contribution in [0.1, 0.15) is 29.5 Å². The molecule has 3 aromatic carbocycles. The van der Waals surface area contributed by atoms with Crippen LogP contribution in [-0.2, 0) is 16.2 Å². The molecule has 7 heteroatoms. The quantitative estimate of drug-likeness (QED) is 0.317. The highest BCUT2D eigenvalue weighted by molar-refractivity contribution is 9.10. The van der Waals surface area contributed by atoms with E-state index in [0.717, 1.165) is 26.9 Å². The number of carbonyl (C=O) groups is 2. The van der Waals surface area contributed by atoms with E-state index in [-0.39, 0.29) is 24.7 Å². The lowest BCUT2D eigenvalue weighted by atomic mass is 10.2. The predicted molar refractivity (Wildman–Crippen MR) is 130 cm³/mol. The lowest BCUT2D eigenvalue weighted by Gasteiger charge is -2.09. The largest absolute Gasteiger partial charge is 0.488 e. The van der Waals surface area contributed by atoms with Crippen LogP contribution in [0.4, 0.5) is 5.69 Å². The number of hydrogen-bond acceptors (Lipinski definition) is 4. The van der Waals surface area contributed by atoms with Gasteiger partial charge in [-0.2, -0.15) is 5.10 Å². The number of ether oxygens (including phenoxy) is 1. The van der Waals surface area contributed by atoms with Crippen molar-refractivity contribution in [1.29, 1.82) is 0 Å². The van der Waals surface area contributed by atoms with Crippen LogP contribution in [0.2, 0.25) is 0 Å². The molecule has 0 heterocycles. The number of amides is 2. The fraction of sp³-hybridized carbons (Fsp3) is 0.160. The van der Waals surface area contributed by atoms with Gasteiger partial charge in [0.15, 0.2) is 0 Å². The number of halogens is 1. The molecule has 164 valence electrons. The number of rotatable bonds is 9. The summed E-state index contributed by atoms with van der Waals surface area (Å²) in [4.78, 5) is 24.1. The Labute approximate surface area is 195 Å². The Balaban J connectivity index is 1.47. The molecule has 0 unspecified atom stereocenters. The second-order valence-corrected chi connectivity index (χ2v) is 8.02. The molecular weight excluding hydrogens is 470 g/mol. The van der Waals surface area contributed by atoms with Crippen LogP contribution in [0.25, 0.3) is 0 Å². The van der Waals surface area contributed by atoms with E-state index < -0.39 is 0 Å². The summed E-state index contributed by atoms with van der Waals surface area (Å²) in [7, 11) is 0. The number of carbonyl (C=O) groups excluding carboxylic acids is 2. The lowest BCUT2D eigenvalue weighted by Crippen LogP contribution is -2.20. The van der Waals surface area contributed by atoms with Crippen LogP contribution >= 0.6 is 15.9 Å². The molecule has 0 aliphatic rings. The second-order valence-electron chi connectivity index (χ2n) is 7.11. The van der Waals surface area contributed by atoms with Gasteiger partial charge in [-0.05, 0) is 48.4 Å². The van der Waals surface area contributed by atoms with Crippen LogP contribution in [0.15, 0.2) is 82.4 Å². The van der Waals surface area contributed by atoms with E-state index in [9.17, 15) is 9.59 Å². The molecule has 0 aromatic heterocycles. The summed E-state index contributed by atoms with van der Waals surface area (Å²) in [5.41, 5.74) is 5.95. The molecule has 0 atom stereocenters. The number of nitrogens with zero attached hydrogens (tertiary/aromatic N) is 1. The van der Waals surface area contributed by atoms with E-state index in [2.05, 4.69) is 31.8 Å². The van der Waals surface area contributed by atoms with Gasteiger partial charge in [0.1, 0.15) is 12.4 Å². The number of hydrazone groups is 1. The van der Waals surface area contributed by atoms with Crippen LogP contribution in [0.5, 0.6) is 5.75 Å². The molecule has 2 amide bonds. The average Bonchev–Trinajstić information content (AvgIpc) is 2.80. The van der Waals surface area contributed by atoms with Crippen molar-refractivity contribution >= 4 is 39.6 Å². The van der Waals surface area contributed by atoms with Gasteiger partial charge in [0.25, 0.3) is 0 Å². The summed E-state index contributed by atoms with van der Waals surface area (Å²) in [6.07, 6.45) is 1.64. The van der Waals surface area contributed by atoms with Crippen molar-refractivity contribution in [2.75, 3.05) is 5.32 Å². The molecule has 0 spiro atoms. The first-order valence-corrected chi connectivity index (χ1v) is 10.9. The highest BCUT2D eigenvalue weighted by atomic mass is 79.9. The number of aryl methyl sites for hydroxylation is 1. The Bertz CT molecular complexity index is 1100. The van der Waals surface area contributed by atoms with Crippen molar-refractivity contribution < 1.29 is 14.3 Å². The molecule has 0 saturated carbocycles. The SMILES string of the molecule is Cc1ccccc1NC(=O)CCC(=O)NN=Cc1ccccc1OCc1ccc(Br)cc1. The van der Waals surface area contributed by atoms with Gasteiger partial charge in [0, 0.05) is 28.6 Å². The van der Waals surface area contributed by atoms with Gasteiger partial charge in [0.05, 0.1) is 6.21 Å². The standard InChI is InChI=1S/C25H24BrN3O3/c1-18-6-2-4-8-22(18)28-24(30)14-15-25(31)29-27-16-20-7-3-5-9-23(20)32-17-19-10-12-21(26)13-11-19/h2-13,16H,14-15,17H2,1H3,(H,28,30)(H,29,31). The minimum atomic E-state index is -0.338. The zero-order chi connectivity index (χ0) is 22.8. The Morgan fingerprint density at radius 1 is 0.938 bits per heavy atom. The first-order chi connectivity index (χ1) is 15.5. The molecule has 3 rings (SSSR count). The summed E-state index contributed by atoms with van der Waals surface area (Å²) in [5, 5.41) is 6.81. The highest BCUT2D eigenvalue weighted by Gasteiger charge is 2.08. The predicted octanol–water partition coefficient (Wildman–Crippen LogP) is 5.21. The summed E-state index contributed by atoms with van der Waals surface area (Å²) < 4.78 is 6.90. The molecule has 0 fully saturated rings. The summed E-state index contributed by atoms with van der Waals surface area (Å²) in [5.74, 6) is 0.102. The van der Waals surface area contributed by atoms with Gasteiger partial charge < -0.3 is 10.1 Å². The summed E-state index contributed by atoms with van der Waals surface area (Å²) in [6, 6.07) is 22.8. The Morgan fingerprint density at radius 2 is 1.62 bits per heavy atom.